The van der Waals surface area contributed by atoms with E-state index in [-0.39, 0.29) is 12.5 Å². The van der Waals surface area contributed by atoms with Crippen LogP contribution in [0, 0.1) is 5.92 Å². The molecular weight excluding hydrogens is 336 g/mol. The fraction of sp³-hybridized carbons (Fsp3) is 0.522. The van der Waals surface area contributed by atoms with Crippen LogP contribution in [0.1, 0.15) is 32.6 Å². The summed E-state index contributed by atoms with van der Waals surface area (Å²) < 4.78 is 5.78. The Morgan fingerprint density at radius 1 is 1.04 bits per heavy atom. The summed E-state index contributed by atoms with van der Waals surface area (Å²) in [5.41, 5.74) is 0. The van der Waals surface area contributed by atoms with E-state index in [4.69, 9.17) is 4.74 Å². The number of rotatable bonds is 4. The maximum atomic E-state index is 12.6. The molecule has 0 bridgehead atoms. The number of hydrogen-bond acceptors (Lipinski definition) is 3. The third-order valence-corrected chi connectivity index (χ3v) is 6.18. The number of carbonyl (C=O) groups is 1. The summed E-state index contributed by atoms with van der Waals surface area (Å²) in [6, 6.07) is 14.9. The first-order chi connectivity index (χ1) is 13.2. The topological polar surface area (TPSA) is 32.8 Å². The molecule has 4 rings (SSSR count). The van der Waals surface area contributed by atoms with Gasteiger partial charge in [0.1, 0.15) is 5.75 Å². The van der Waals surface area contributed by atoms with Crippen molar-refractivity contribution in [3.05, 3.63) is 42.5 Å². The maximum Gasteiger partial charge on any atom is 0.260 e. The second-order valence-corrected chi connectivity index (χ2v) is 8.14. The van der Waals surface area contributed by atoms with Crippen LogP contribution in [0.5, 0.6) is 5.75 Å². The van der Waals surface area contributed by atoms with Crippen LogP contribution in [0.15, 0.2) is 42.5 Å². The predicted molar refractivity (Wildman–Crippen MR) is 109 cm³/mol. The van der Waals surface area contributed by atoms with E-state index >= 15 is 0 Å². The predicted octanol–water partition coefficient (Wildman–Crippen LogP) is 3.94. The van der Waals surface area contributed by atoms with Gasteiger partial charge in [-0.05, 0) is 41.7 Å². The molecule has 0 aromatic heterocycles. The summed E-state index contributed by atoms with van der Waals surface area (Å²) in [4.78, 5) is 17.1. The van der Waals surface area contributed by atoms with Crippen LogP contribution in [0.2, 0.25) is 0 Å². The normalized spacial score (nSPS) is 24.1. The first kappa shape index (κ1) is 18.3. The van der Waals surface area contributed by atoms with Gasteiger partial charge in [-0.2, -0.15) is 0 Å². The highest BCUT2D eigenvalue weighted by Crippen LogP contribution is 2.28. The molecule has 0 radical (unpaired) electrons. The van der Waals surface area contributed by atoms with E-state index in [0.717, 1.165) is 49.3 Å². The lowest BCUT2D eigenvalue weighted by molar-refractivity contribution is -0.135. The Morgan fingerprint density at radius 3 is 2.59 bits per heavy atom. The van der Waals surface area contributed by atoms with E-state index in [2.05, 4.69) is 24.0 Å². The molecular formula is C23H30N2O2. The molecule has 2 fully saturated rings. The van der Waals surface area contributed by atoms with Gasteiger partial charge in [-0.25, -0.2) is 0 Å². The fourth-order valence-corrected chi connectivity index (χ4v) is 4.56. The molecule has 1 heterocycles. The van der Waals surface area contributed by atoms with E-state index < -0.39 is 0 Å². The zero-order valence-electron chi connectivity index (χ0n) is 16.3. The van der Waals surface area contributed by atoms with Crippen LogP contribution in [0.4, 0.5) is 0 Å². The van der Waals surface area contributed by atoms with Gasteiger partial charge < -0.3 is 9.64 Å². The van der Waals surface area contributed by atoms with Crippen molar-refractivity contribution in [3.8, 4) is 5.75 Å². The quantitative estimate of drug-likeness (QED) is 0.822. The van der Waals surface area contributed by atoms with E-state index in [0.29, 0.717) is 0 Å². The van der Waals surface area contributed by atoms with Crippen LogP contribution < -0.4 is 4.74 Å². The highest BCUT2D eigenvalue weighted by molar-refractivity contribution is 5.84. The molecule has 27 heavy (non-hydrogen) atoms. The minimum atomic E-state index is 0.0971. The van der Waals surface area contributed by atoms with Crippen molar-refractivity contribution in [1.29, 1.82) is 0 Å². The van der Waals surface area contributed by atoms with Crippen molar-refractivity contribution < 1.29 is 9.53 Å². The molecule has 1 aliphatic heterocycles. The van der Waals surface area contributed by atoms with E-state index in [1.54, 1.807) is 0 Å². The average Bonchev–Trinajstić information content (AvgIpc) is 2.72. The molecule has 4 nitrogen and oxygen atoms in total. The molecule has 1 amide bonds. The maximum absolute atomic E-state index is 12.6. The third kappa shape index (κ3) is 4.44. The number of nitrogens with zero attached hydrogens (tertiary/aromatic N) is 2. The van der Waals surface area contributed by atoms with Crippen molar-refractivity contribution in [2.75, 3.05) is 32.8 Å². The van der Waals surface area contributed by atoms with Crippen LogP contribution in [-0.4, -0.2) is 54.5 Å². The van der Waals surface area contributed by atoms with Crippen molar-refractivity contribution >= 4 is 16.7 Å². The Hall–Kier alpha value is -2.07. The second kappa shape index (κ2) is 8.30. The second-order valence-electron chi connectivity index (χ2n) is 8.14. The van der Waals surface area contributed by atoms with Crippen molar-refractivity contribution in [2.24, 2.45) is 5.92 Å². The smallest absolute Gasteiger partial charge is 0.260 e. The summed E-state index contributed by atoms with van der Waals surface area (Å²) in [6.07, 6.45) is 5.37. The van der Waals surface area contributed by atoms with Crippen molar-refractivity contribution in [1.82, 2.24) is 9.80 Å². The summed E-state index contributed by atoms with van der Waals surface area (Å²) in [5, 5.41) is 2.32. The lowest BCUT2D eigenvalue weighted by atomic mass is 9.86. The number of piperazine rings is 1. The molecule has 2 atom stereocenters. The van der Waals surface area contributed by atoms with Gasteiger partial charge in [0.2, 0.25) is 0 Å². The summed E-state index contributed by atoms with van der Waals surface area (Å²) in [5.74, 6) is 1.70. The molecule has 144 valence electrons. The molecule has 0 spiro atoms. The lowest BCUT2D eigenvalue weighted by Crippen LogP contribution is -2.53. The summed E-state index contributed by atoms with van der Waals surface area (Å²) in [7, 11) is 0. The van der Waals surface area contributed by atoms with Gasteiger partial charge in [-0.3, -0.25) is 9.69 Å². The Balaban J connectivity index is 1.26. The molecule has 2 aliphatic rings. The van der Waals surface area contributed by atoms with E-state index in [1.807, 2.05) is 35.2 Å². The van der Waals surface area contributed by atoms with Gasteiger partial charge in [-0.1, -0.05) is 50.1 Å². The average molecular weight is 367 g/mol. The molecule has 1 aliphatic carbocycles. The van der Waals surface area contributed by atoms with E-state index in [9.17, 15) is 4.79 Å². The number of benzene rings is 2. The molecule has 1 saturated carbocycles. The van der Waals surface area contributed by atoms with Crippen LogP contribution >= 0.6 is 0 Å². The largest absolute Gasteiger partial charge is 0.484 e. The summed E-state index contributed by atoms with van der Waals surface area (Å²) in [6.45, 7) is 6.14. The third-order valence-electron chi connectivity index (χ3n) is 6.18. The zero-order valence-corrected chi connectivity index (χ0v) is 16.3. The van der Waals surface area contributed by atoms with Gasteiger partial charge in [0.25, 0.3) is 5.91 Å². The Labute approximate surface area is 162 Å². The van der Waals surface area contributed by atoms with Crippen LogP contribution in [-0.2, 0) is 4.79 Å². The SMILES string of the molecule is CC1CCCC(N2CCN(C(=O)COc3ccc4ccccc4c3)CC2)C1. The van der Waals surface area contributed by atoms with Crippen LogP contribution in [0.3, 0.4) is 0 Å². The van der Waals surface area contributed by atoms with Gasteiger partial charge in [0.15, 0.2) is 6.61 Å². The van der Waals surface area contributed by atoms with E-state index in [1.165, 1.54) is 31.1 Å². The van der Waals surface area contributed by atoms with Gasteiger partial charge in [0.05, 0.1) is 0 Å². The Morgan fingerprint density at radius 2 is 1.81 bits per heavy atom. The first-order valence-electron chi connectivity index (χ1n) is 10.3. The fourth-order valence-electron chi connectivity index (χ4n) is 4.56. The minimum Gasteiger partial charge on any atom is -0.484 e. The number of carbonyl (C=O) groups excluding carboxylic acids is 1. The zero-order chi connectivity index (χ0) is 18.6. The molecule has 0 N–H and O–H groups in total. The number of hydrogen-bond donors (Lipinski definition) is 0. The monoisotopic (exact) mass is 366 g/mol. The lowest BCUT2D eigenvalue weighted by Gasteiger charge is -2.42. The molecule has 1 saturated heterocycles. The van der Waals surface area contributed by atoms with Crippen molar-refractivity contribution in [3.63, 3.8) is 0 Å². The Kier molecular flexibility index (Phi) is 5.63. The highest BCUT2D eigenvalue weighted by Gasteiger charge is 2.28. The number of amides is 1. The molecule has 2 unspecified atom stereocenters. The van der Waals surface area contributed by atoms with Gasteiger partial charge >= 0.3 is 0 Å². The Bertz CT molecular complexity index is 783. The molecule has 2 aromatic carbocycles. The highest BCUT2D eigenvalue weighted by atomic mass is 16.5. The summed E-state index contributed by atoms with van der Waals surface area (Å²) >= 11 is 0. The standard InChI is InChI=1S/C23H30N2O2/c1-18-5-4-8-21(15-18)24-11-13-25(14-12-24)23(26)17-27-22-10-9-19-6-2-3-7-20(19)16-22/h2-3,6-7,9-10,16,18,21H,4-5,8,11-15,17H2,1H3. The first-order valence-corrected chi connectivity index (χ1v) is 10.3. The number of fused-ring (bicyclic) bond motifs is 1. The van der Waals surface area contributed by atoms with Crippen LogP contribution in [0.25, 0.3) is 10.8 Å². The van der Waals surface area contributed by atoms with Gasteiger partial charge in [0, 0.05) is 32.2 Å². The number of ether oxygens (including phenoxy) is 1. The van der Waals surface area contributed by atoms with Gasteiger partial charge in [-0.15, -0.1) is 0 Å². The minimum absolute atomic E-state index is 0.0971. The molecule has 2 aromatic rings. The van der Waals surface area contributed by atoms with Crippen molar-refractivity contribution in [2.45, 2.75) is 38.6 Å². The molecule has 4 heteroatoms.